The summed E-state index contributed by atoms with van der Waals surface area (Å²) in [5.41, 5.74) is 0.368. The molecular weight excluding hydrogens is 300 g/mol. The number of halogens is 1. The Kier molecular flexibility index (Phi) is 5.33. The minimum atomic E-state index is -1.14. The number of hydrogen-bond donors (Lipinski definition) is 2. The quantitative estimate of drug-likeness (QED) is 0.869. The first-order valence-corrected chi connectivity index (χ1v) is 6.00. The first kappa shape index (κ1) is 14.2. The number of rotatable bonds is 5. The Labute approximate surface area is 113 Å². The molecule has 0 saturated heterocycles. The molecule has 18 heavy (non-hydrogen) atoms. The average Bonchev–Trinajstić information content (AvgIpc) is 2.33. The molecule has 0 spiro atoms. The van der Waals surface area contributed by atoms with E-state index in [1.807, 2.05) is 6.07 Å². The van der Waals surface area contributed by atoms with Crippen LogP contribution in [-0.2, 0) is 4.79 Å². The van der Waals surface area contributed by atoms with Gasteiger partial charge < -0.3 is 10.4 Å². The Hall–Kier alpha value is -1.87. The zero-order chi connectivity index (χ0) is 13.5. The van der Waals surface area contributed by atoms with E-state index in [2.05, 4.69) is 21.2 Å². The number of carboxylic acids is 1. The van der Waals surface area contributed by atoms with E-state index in [-0.39, 0.29) is 12.8 Å². The van der Waals surface area contributed by atoms with Gasteiger partial charge in [0.1, 0.15) is 6.04 Å². The lowest BCUT2D eigenvalue weighted by Crippen LogP contribution is -2.40. The van der Waals surface area contributed by atoms with E-state index in [1.165, 1.54) is 0 Å². The summed E-state index contributed by atoms with van der Waals surface area (Å²) >= 11 is 3.23. The molecule has 0 aromatic heterocycles. The van der Waals surface area contributed by atoms with Gasteiger partial charge in [-0.3, -0.25) is 4.79 Å². The van der Waals surface area contributed by atoms with E-state index in [4.69, 9.17) is 10.4 Å². The molecule has 0 heterocycles. The average molecular weight is 311 g/mol. The summed E-state index contributed by atoms with van der Waals surface area (Å²) in [6, 6.07) is 7.44. The Bertz CT molecular complexity index is 496. The van der Waals surface area contributed by atoms with Crippen molar-refractivity contribution < 1.29 is 14.7 Å². The van der Waals surface area contributed by atoms with Crippen LogP contribution >= 0.6 is 15.9 Å². The number of nitrogens with zero attached hydrogens (tertiary/aromatic N) is 1. The van der Waals surface area contributed by atoms with Crippen LogP contribution in [-0.4, -0.2) is 23.0 Å². The zero-order valence-corrected chi connectivity index (χ0v) is 11.0. The second-order valence-electron chi connectivity index (χ2n) is 3.57. The van der Waals surface area contributed by atoms with Gasteiger partial charge in [-0.05, 0) is 24.6 Å². The van der Waals surface area contributed by atoms with Crippen LogP contribution in [0.25, 0.3) is 0 Å². The fraction of sp³-hybridized carbons (Fsp3) is 0.250. The van der Waals surface area contributed by atoms with Crippen LogP contribution in [0.3, 0.4) is 0 Å². The zero-order valence-electron chi connectivity index (χ0n) is 9.39. The Morgan fingerprint density at radius 1 is 1.50 bits per heavy atom. The lowest BCUT2D eigenvalue weighted by Gasteiger charge is -2.13. The van der Waals surface area contributed by atoms with E-state index in [0.29, 0.717) is 5.56 Å². The highest BCUT2D eigenvalue weighted by atomic mass is 79.9. The molecule has 1 atom stereocenters. The van der Waals surface area contributed by atoms with Crippen LogP contribution in [0.5, 0.6) is 0 Å². The molecule has 0 unspecified atom stereocenters. The normalized spacial score (nSPS) is 11.3. The van der Waals surface area contributed by atoms with E-state index < -0.39 is 17.9 Å². The number of nitrogens with one attached hydrogen (secondary N) is 1. The Balaban J connectivity index is 2.73. The number of hydrogen-bond acceptors (Lipinski definition) is 3. The van der Waals surface area contributed by atoms with Gasteiger partial charge in [-0.2, -0.15) is 5.26 Å². The van der Waals surface area contributed by atoms with E-state index in [9.17, 15) is 9.59 Å². The minimum Gasteiger partial charge on any atom is -0.480 e. The fourth-order valence-electron chi connectivity index (χ4n) is 1.34. The smallest absolute Gasteiger partial charge is 0.326 e. The van der Waals surface area contributed by atoms with Crippen molar-refractivity contribution in [2.75, 3.05) is 0 Å². The van der Waals surface area contributed by atoms with Crippen molar-refractivity contribution >= 4 is 27.8 Å². The summed E-state index contributed by atoms with van der Waals surface area (Å²) in [7, 11) is 0. The van der Waals surface area contributed by atoms with Gasteiger partial charge in [0.2, 0.25) is 0 Å². The number of amides is 1. The molecule has 0 fully saturated rings. The Morgan fingerprint density at radius 2 is 2.22 bits per heavy atom. The highest BCUT2D eigenvalue weighted by Gasteiger charge is 2.20. The summed E-state index contributed by atoms with van der Waals surface area (Å²) < 4.78 is 0.735. The van der Waals surface area contributed by atoms with Crippen LogP contribution in [0.2, 0.25) is 0 Å². The van der Waals surface area contributed by atoms with Crippen LogP contribution < -0.4 is 5.32 Å². The van der Waals surface area contributed by atoms with Crippen molar-refractivity contribution in [2.45, 2.75) is 18.9 Å². The molecule has 94 valence electrons. The first-order valence-electron chi connectivity index (χ1n) is 5.20. The summed E-state index contributed by atoms with van der Waals surface area (Å²) in [4.78, 5) is 22.7. The molecule has 0 aliphatic rings. The van der Waals surface area contributed by atoms with Gasteiger partial charge in [0.05, 0.1) is 6.07 Å². The predicted octanol–water partition coefficient (Wildman–Crippen LogP) is 1.94. The van der Waals surface area contributed by atoms with Gasteiger partial charge in [0.15, 0.2) is 0 Å². The fourth-order valence-corrected chi connectivity index (χ4v) is 1.74. The highest BCUT2D eigenvalue weighted by molar-refractivity contribution is 9.10. The molecule has 0 bridgehead atoms. The third-order valence-corrected chi connectivity index (χ3v) is 2.73. The SMILES string of the molecule is N#CCC[C@H](NC(=O)c1cccc(Br)c1)C(=O)O. The predicted molar refractivity (Wildman–Crippen MR) is 67.9 cm³/mol. The van der Waals surface area contributed by atoms with Crippen LogP contribution in [0.1, 0.15) is 23.2 Å². The second kappa shape index (κ2) is 6.77. The van der Waals surface area contributed by atoms with Crippen molar-refractivity contribution in [1.29, 1.82) is 5.26 Å². The highest BCUT2D eigenvalue weighted by Crippen LogP contribution is 2.12. The largest absolute Gasteiger partial charge is 0.480 e. The first-order chi connectivity index (χ1) is 8.54. The maximum atomic E-state index is 11.8. The van der Waals surface area contributed by atoms with E-state index >= 15 is 0 Å². The molecule has 5 nitrogen and oxygen atoms in total. The molecule has 2 N–H and O–H groups in total. The molecule has 0 saturated carbocycles. The summed E-state index contributed by atoms with van der Waals surface area (Å²) in [6.07, 6.45) is 0.168. The third kappa shape index (κ3) is 4.18. The van der Waals surface area contributed by atoms with Crippen molar-refractivity contribution in [1.82, 2.24) is 5.32 Å². The third-order valence-electron chi connectivity index (χ3n) is 2.24. The maximum absolute atomic E-state index is 11.8. The van der Waals surface area contributed by atoms with Gasteiger partial charge in [-0.1, -0.05) is 22.0 Å². The number of carboxylic acid groups (broad SMARTS) is 1. The lowest BCUT2D eigenvalue weighted by atomic mass is 10.1. The topological polar surface area (TPSA) is 90.2 Å². The molecule has 1 aromatic rings. The minimum absolute atomic E-state index is 0.0791. The van der Waals surface area contributed by atoms with Gasteiger partial charge in [0.25, 0.3) is 5.91 Å². The standard InChI is InChI=1S/C12H11BrN2O3/c13-9-4-1-3-8(7-9)11(16)15-10(12(17)18)5-2-6-14/h1,3-4,7,10H,2,5H2,(H,15,16)(H,17,18)/t10-/m0/s1. The monoisotopic (exact) mass is 310 g/mol. The van der Waals surface area contributed by atoms with Crippen LogP contribution in [0, 0.1) is 11.3 Å². The van der Waals surface area contributed by atoms with Crippen molar-refractivity contribution in [3.63, 3.8) is 0 Å². The van der Waals surface area contributed by atoms with E-state index in [0.717, 1.165) is 4.47 Å². The summed E-state index contributed by atoms with van der Waals surface area (Å²) in [6.45, 7) is 0. The Morgan fingerprint density at radius 3 is 2.78 bits per heavy atom. The van der Waals surface area contributed by atoms with Crippen LogP contribution in [0.4, 0.5) is 0 Å². The number of carbonyl (C=O) groups is 2. The lowest BCUT2D eigenvalue weighted by molar-refractivity contribution is -0.139. The van der Waals surface area contributed by atoms with E-state index in [1.54, 1.807) is 24.3 Å². The molecule has 0 aliphatic carbocycles. The number of nitriles is 1. The molecule has 1 aromatic carbocycles. The maximum Gasteiger partial charge on any atom is 0.326 e. The number of benzene rings is 1. The van der Waals surface area contributed by atoms with Crippen molar-refractivity contribution in [3.8, 4) is 6.07 Å². The molecular formula is C12H11BrN2O3. The van der Waals surface area contributed by atoms with Gasteiger partial charge in [-0.25, -0.2) is 4.79 Å². The molecule has 1 amide bonds. The molecule has 6 heteroatoms. The van der Waals surface area contributed by atoms with Crippen LogP contribution in [0.15, 0.2) is 28.7 Å². The van der Waals surface area contributed by atoms with Crippen molar-refractivity contribution in [2.24, 2.45) is 0 Å². The van der Waals surface area contributed by atoms with Gasteiger partial charge in [0, 0.05) is 16.5 Å². The van der Waals surface area contributed by atoms with Gasteiger partial charge in [-0.15, -0.1) is 0 Å². The molecule has 0 aliphatic heterocycles. The summed E-state index contributed by atoms with van der Waals surface area (Å²) in [5, 5.41) is 19.7. The van der Waals surface area contributed by atoms with Gasteiger partial charge >= 0.3 is 5.97 Å². The summed E-state index contributed by atoms with van der Waals surface area (Å²) in [5.74, 6) is -1.62. The second-order valence-corrected chi connectivity index (χ2v) is 4.49. The molecule has 0 radical (unpaired) electrons. The number of carbonyl (C=O) groups excluding carboxylic acids is 1. The van der Waals surface area contributed by atoms with Crippen molar-refractivity contribution in [3.05, 3.63) is 34.3 Å². The number of aliphatic carboxylic acids is 1. The molecule has 1 rings (SSSR count).